The molecule has 4 nitrogen and oxygen atoms in total. The molecular formula is C16H21N3OS. The standard InChI is InChI=1S/C16H21N3OS/c1-10-5-13(21-9-10)15-11-7-19(8-12(11)17-18-15)14(20)6-16(2,3)4/h5,9H,6-8H2,1-4H3,(H,17,18). The van der Waals surface area contributed by atoms with E-state index in [1.165, 1.54) is 16.0 Å². The van der Waals surface area contributed by atoms with E-state index >= 15 is 0 Å². The van der Waals surface area contributed by atoms with Gasteiger partial charge in [-0.05, 0) is 29.3 Å². The van der Waals surface area contributed by atoms with E-state index in [4.69, 9.17) is 0 Å². The molecule has 0 unspecified atom stereocenters. The first-order valence-corrected chi connectivity index (χ1v) is 8.11. The number of carbonyl (C=O) groups is 1. The summed E-state index contributed by atoms with van der Waals surface area (Å²) in [5.74, 6) is 0.223. The molecule has 0 radical (unpaired) electrons. The normalized spacial score (nSPS) is 14.6. The van der Waals surface area contributed by atoms with Crippen molar-refractivity contribution in [2.75, 3.05) is 0 Å². The van der Waals surface area contributed by atoms with Gasteiger partial charge in [0, 0.05) is 12.0 Å². The fraction of sp³-hybridized carbons (Fsp3) is 0.500. The smallest absolute Gasteiger partial charge is 0.223 e. The van der Waals surface area contributed by atoms with Gasteiger partial charge in [-0.3, -0.25) is 9.89 Å². The molecule has 1 N–H and O–H groups in total. The van der Waals surface area contributed by atoms with Crippen molar-refractivity contribution in [2.24, 2.45) is 5.41 Å². The van der Waals surface area contributed by atoms with E-state index < -0.39 is 0 Å². The number of aryl methyl sites for hydroxylation is 1. The van der Waals surface area contributed by atoms with Crippen molar-refractivity contribution in [3.8, 4) is 10.6 Å². The number of carbonyl (C=O) groups excluding carboxylic acids is 1. The minimum absolute atomic E-state index is 0.0271. The topological polar surface area (TPSA) is 49.0 Å². The minimum atomic E-state index is 0.0271. The predicted octanol–water partition coefficient (Wildman–Crippen LogP) is 3.73. The third-order valence-electron chi connectivity index (χ3n) is 3.65. The minimum Gasteiger partial charge on any atom is -0.332 e. The van der Waals surface area contributed by atoms with Gasteiger partial charge in [-0.2, -0.15) is 5.10 Å². The zero-order chi connectivity index (χ0) is 15.2. The molecular weight excluding hydrogens is 282 g/mol. The van der Waals surface area contributed by atoms with Gasteiger partial charge < -0.3 is 4.90 Å². The maximum atomic E-state index is 12.4. The molecule has 0 spiro atoms. The third-order valence-corrected chi connectivity index (χ3v) is 4.70. The van der Waals surface area contributed by atoms with Crippen molar-refractivity contribution in [3.05, 3.63) is 28.3 Å². The molecule has 1 amide bonds. The molecule has 0 saturated carbocycles. The number of amides is 1. The molecule has 0 atom stereocenters. The molecule has 3 rings (SSSR count). The number of hydrogen-bond donors (Lipinski definition) is 1. The number of aromatic nitrogens is 2. The number of aromatic amines is 1. The lowest BCUT2D eigenvalue weighted by Crippen LogP contribution is -2.29. The maximum absolute atomic E-state index is 12.4. The van der Waals surface area contributed by atoms with Crippen LogP contribution in [0.3, 0.4) is 0 Å². The summed E-state index contributed by atoms with van der Waals surface area (Å²) in [7, 11) is 0. The van der Waals surface area contributed by atoms with Gasteiger partial charge in [0.25, 0.3) is 0 Å². The second kappa shape index (κ2) is 4.98. The maximum Gasteiger partial charge on any atom is 0.223 e. The average molecular weight is 303 g/mol. The third kappa shape index (κ3) is 2.88. The molecule has 1 aliphatic heterocycles. The Balaban J connectivity index is 1.80. The van der Waals surface area contributed by atoms with Crippen molar-refractivity contribution >= 4 is 17.2 Å². The van der Waals surface area contributed by atoms with Crippen molar-refractivity contribution in [1.29, 1.82) is 0 Å². The molecule has 0 fully saturated rings. The highest BCUT2D eigenvalue weighted by molar-refractivity contribution is 7.13. The van der Waals surface area contributed by atoms with Crippen LogP contribution in [0.4, 0.5) is 0 Å². The Morgan fingerprint density at radius 1 is 1.43 bits per heavy atom. The summed E-state index contributed by atoms with van der Waals surface area (Å²) in [6, 6.07) is 2.15. The van der Waals surface area contributed by atoms with E-state index in [9.17, 15) is 4.79 Å². The van der Waals surface area contributed by atoms with Crippen LogP contribution in [0.25, 0.3) is 10.6 Å². The number of H-pyrrole nitrogens is 1. The zero-order valence-corrected chi connectivity index (χ0v) is 13.8. The lowest BCUT2D eigenvalue weighted by atomic mass is 9.92. The van der Waals surface area contributed by atoms with E-state index in [2.05, 4.69) is 49.3 Å². The Labute approximate surface area is 129 Å². The fourth-order valence-electron chi connectivity index (χ4n) is 2.64. The quantitative estimate of drug-likeness (QED) is 0.919. The van der Waals surface area contributed by atoms with Crippen LogP contribution in [0.2, 0.25) is 0 Å². The molecule has 0 aromatic carbocycles. The number of fused-ring (bicyclic) bond motifs is 1. The monoisotopic (exact) mass is 303 g/mol. The molecule has 1 aliphatic rings. The van der Waals surface area contributed by atoms with Crippen LogP contribution >= 0.6 is 11.3 Å². The average Bonchev–Trinajstić information content (AvgIpc) is 3.00. The SMILES string of the molecule is Cc1csc(-c2n[nH]c3c2CN(C(=O)CC(C)(C)C)C3)c1. The molecule has 2 aromatic rings. The van der Waals surface area contributed by atoms with E-state index in [1.807, 2.05) is 4.90 Å². The Kier molecular flexibility index (Phi) is 3.40. The van der Waals surface area contributed by atoms with Gasteiger partial charge >= 0.3 is 0 Å². The predicted molar refractivity (Wildman–Crippen MR) is 85.0 cm³/mol. The van der Waals surface area contributed by atoms with E-state index in [0.717, 1.165) is 11.4 Å². The van der Waals surface area contributed by atoms with E-state index in [1.54, 1.807) is 11.3 Å². The van der Waals surface area contributed by atoms with Crippen LogP contribution in [-0.4, -0.2) is 21.0 Å². The summed E-state index contributed by atoms with van der Waals surface area (Å²) < 4.78 is 0. The van der Waals surface area contributed by atoms with Gasteiger partial charge in [-0.15, -0.1) is 11.3 Å². The molecule has 3 heterocycles. The van der Waals surface area contributed by atoms with Gasteiger partial charge in [-0.25, -0.2) is 0 Å². The van der Waals surface area contributed by atoms with Crippen molar-refractivity contribution in [3.63, 3.8) is 0 Å². The van der Waals surface area contributed by atoms with E-state index in [0.29, 0.717) is 19.5 Å². The summed E-state index contributed by atoms with van der Waals surface area (Å²) in [5.41, 5.74) is 4.55. The van der Waals surface area contributed by atoms with Gasteiger partial charge in [0.2, 0.25) is 5.91 Å². The molecule has 112 valence electrons. The molecule has 0 saturated heterocycles. The number of rotatable bonds is 2. The van der Waals surface area contributed by atoms with Crippen molar-refractivity contribution < 1.29 is 4.79 Å². The van der Waals surface area contributed by atoms with Crippen LogP contribution in [0.5, 0.6) is 0 Å². The first-order valence-electron chi connectivity index (χ1n) is 7.23. The first kappa shape index (κ1) is 14.3. The van der Waals surface area contributed by atoms with Gasteiger partial charge in [0.15, 0.2) is 0 Å². The number of nitrogens with zero attached hydrogens (tertiary/aromatic N) is 2. The Hall–Kier alpha value is -1.62. The Morgan fingerprint density at radius 2 is 2.19 bits per heavy atom. The van der Waals surface area contributed by atoms with Crippen LogP contribution in [0, 0.1) is 12.3 Å². The van der Waals surface area contributed by atoms with Crippen molar-refractivity contribution in [1.82, 2.24) is 15.1 Å². The van der Waals surface area contributed by atoms with Gasteiger partial charge in [0.1, 0.15) is 5.69 Å². The lowest BCUT2D eigenvalue weighted by molar-refractivity contribution is -0.133. The number of hydrogen-bond acceptors (Lipinski definition) is 3. The summed E-state index contributed by atoms with van der Waals surface area (Å²) >= 11 is 1.71. The van der Waals surface area contributed by atoms with E-state index in [-0.39, 0.29) is 11.3 Å². The second-order valence-corrected chi connectivity index (χ2v) is 7.92. The summed E-state index contributed by atoms with van der Waals surface area (Å²) in [6.07, 6.45) is 0.581. The van der Waals surface area contributed by atoms with Crippen LogP contribution in [0.1, 0.15) is 44.0 Å². The number of thiophene rings is 1. The zero-order valence-electron chi connectivity index (χ0n) is 13.0. The largest absolute Gasteiger partial charge is 0.332 e. The molecule has 2 aromatic heterocycles. The summed E-state index contributed by atoms with van der Waals surface area (Å²) in [6.45, 7) is 9.71. The summed E-state index contributed by atoms with van der Waals surface area (Å²) in [4.78, 5) is 15.5. The molecule has 5 heteroatoms. The lowest BCUT2D eigenvalue weighted by Gasteiger charge is -2.22. The Bertz CT molecular complexity index is 678. The van der Waals surface area contributed by atoms with Crippen LogP contribution < -0.4 is 0 Å². The van der Waals surface area contributed by atoms with Crippen LogP contribution in [0.15, 0.2) is 11.4 Å². The van der Waals surface area contributed by atoms with Gasteiger partial charge in [0.05, 0.1) is 23.7 Å². The van der Waals surface area contributed by atoms with Crippen LogP contribution in [-0.2, 0) is 17.9 Å². The number of nitrogens with one attached hydrogen (secondary N) is 1. The molecule has 21 heavy (non-hydrogen) atoms. The highest BCUT2D eigenvalue weighted by Crippen LogP contribution is 2.34. The highest BCUT2D eigenvalue weighted by Gasteiger charge is 2.30. The summed E-state index contributed by atoms with van der Waals surface area (Å²) in [5, 5.41) is 9.67. The Morgan fingerprint density at radius 3 is 2.81 bits per heavy atom. The molecule has 0 bridgehead atoms. The van der Waals surface area contributed by atoms with Crippen molar-refractivity contribution in [2.45, 2.75) is 47.2 Å². The second-order valence-electron chi connectivity index (χ2n) is 7.00. The molecule has 0 aliphatic carbocycles. The first-order chi connectivity index (χ1) is 9.83. The van der Waals surface area contributed by atoms with Gasteiger partial charge in [-0.1, -0.05) is 20.8 Å². The fourth-order valence-corrected chi connectivity index (χ4v) is 3.56. The highest BCUT2D eigenvalue weighted by atomic mass is 32.1.